The second kappa shape index (κ2) is 8.31. The van der Waals surface area contributed by atoms with Crippen LogP contribution in [0.2, 0.25) is 0 Å². The molecular weight excluding hydrogens is 384 g/mol. The van der Waals surface area contributed by atoms with Gasteiger partial charge in [-0.2, -0.15) is 5.10 Å². The molecule has 31 heavy (non-hydrogen) atoms. The Balaban J connectivity index is 1.29. The van der Waals surface area contributed by atoms with Gasteiger partial charge in [0.2, 0.25) is 0 Å². The summed E-state index contributed by atoms with van der Waals surface area (Å²) in [6.45, 7) is 0.590. The zero-order chi connectivity index (χ0) is 21.4. The SMILES string of the molecule is CN(Cc1ccccc1)C(=O)c1nn(C)c2c1CC(NC1Cc3ccccc3C1)CC2. The number of nitrogens with one attached hydrogen (secondary N) is 1. The highest BCUT2D eigenvalue weighted by Gasteiger charge is 2.31. The van der Waals surface area contributed by atoms with Crippen molar-refractivity contribution in [2.75, 3.05) is 7.05 Å². The summed E-state index contributed by atoms with van der Waals surface area (Å²) >= 11 is 0. The summed E-state index contributed by atoms with van der Waals surface area (Å²) in [5, 5.41) is 8.54. The molecule has 1 amide bonds. The Kier molecular flexibility index (Phi) is 5.36. The summed E-state index contributed by atoms with van der Waals surface area (Å²) in [6.07, 6.45) is 5.12. The van der Waals surface area contributed by atoms with Crippen LogP contribution in [-0.2, 0) is 39.3 Å². The van der Waals surface area contributed by atoms with Crippen LogP contribution in [0.1, 0.15) is 44.9 Å². The van der Waals surface area contributed by atoms with Crippen LogP contribution in [-0.4, -0.2) is 39.7 Å². The van der Waals surface area contributed by atoms with Gasteiger partial charge in [0.05, 0.1) is 0 Å². The van der Waals surface area contributed by atoms with Gasteiger partial charge in [0, 0.05) is 44.0 Å². The average molecular weight is 415 g/mol. The van der Waals surface area contributed by atoms with Crippen LogP contribution in [0.25, 0.3) is 0 Å². The molecule has 1 heterocycles. The second-order valence-electron chi connectivity index (χ2n) is 9.02. The Morgan fingerprint density at radius 2 is 1.71 bits per heavy atom. The molecule has 5 nitrogen and oxygen atoms in total. The molecule has 2 aromatic carbocycles. The Bertz CT molecular complexity index is 1060. The number of hydrogen-bond acceptors (Lipinski definition) is 3. The summed E-state index contributed by atoms with van der Waals surface area (Å²) in [6, 6.07) is 19.8. The molecule has 5 heteroatoms. The first-order valence-corrected chi connectivity index (χ1v) is 11.3. The van der Waals surface area contributed by atoms with Crippen molar-refractivity contribution in [2.45, 2.75) is 50.7 Å². The molecule has 1 N–H and O–H groups in total. The monoisotopic (exact) mass is 414 g/mol. The number of carbonyl (C=O) groups is 1. The van der Waals surface area contributed by atoms with Gasteiger partial charge < -0.3 is 10.2 Å². The lowest BCUT2D eigenvalue weighted by Crippen LogP contribution is -2.42. The topological polar surface area (TPSA) is 50.2 Å². The van der Waals surface area contributed by atoms with E-state index in [-0.39, 0.29) is 5.91 Å². The number of rotatable bonds is 5. The summed E-state index contributed by atoms with van der Waals surface area (Å²) < 4.78 is 1.92. The maximum atomic E-state index is 13.3. The number of nitrogens with zero attached hydrogens (tertiary/aromatic N) is 3. The van der Waals surface area contributed by atoms with E-state index in [1.807, 2.05) is 37.0 Å². The third-order valence-electron chi connectivity index (χ3n) is 6.79. The highest BCUT2D eigenvalue weighted by molar-refractivity contribution is 5.94. The molecule has 0 saturated carbocycles. The fraction of sp³-hybridized carbons (Fsp3) is 0.385. The Morgan fingerprint density at radius 1 is 1.03 bits per heavy atom. The van der Waals surface area contributed by atoms with Crippen LogP contribution in [0, 0.1) is 0 Å². The van der Waals surface area contributed by atoms with E-state index in [0.29, 0.717) is 24.3 Å². The van der Waals surface area contributed by atoms with Gasteiger partial charge in [-0.15, -0.1) is 0 Å². The van der Waals surface area contributed by atoms with Crippen molar-refractivity contribution >= 4 is 5.91 Å². The maximum Gasteiger partial charge on any atom is 0.274 e. The van der Waals surface area contributed by atoms with E-state index >= 15 is 0 Å². The van der Waals surface area contributed by atoms with Crippen LogP contribution in [0.3, 0.4) is 0 Å². The Morgan fingerprint density at radius 3 is 2.42 bits per heavy atom. The van der Waals surface area contributed by atoms with Crippen LogP contribution >= 0.6 is 0 Å². The highest BCUT2D eigenvalue weighted by atomic mass is 16.2. The molecule has 0 fully saturated rings. The molecule has 2 aliphatic carbocycles. The Labute approximate surface area is 184 Å². The van der Waals surface area contributed by atoms with Crippen molar-refractivity contribution in [1.29, 1.82) is 0 Å². The van der Waals surface area contributed by atoms with Crippen molar-refractivity contribution in [3.05, 3.63) is 88.2 Å². The minimum Gasteiger partial charge on any atom is -0.336 e. The predicted octanol–water partition coefficient (Wildman–Crippen LogP) is 3.31. The molecule has 5 rings (SSSR count). The largest absolute Gasteiger partial charge is 0.336 e. The molecule has 0 bridgehead atoms. The number of hydrogen-bond donors (Lipinski definition) is 1. The van der Waals surface area contributed by atoms with Gasteiger partial charge in [0.15, 0.2) is 5.69 Å². The third kappa shape index (κ3) is 4.02. The van der Waals surface area contributed by atoms with Gasteiger partial charge in [-0.05, 0) is 48.8 Å². The molecule has 0 aliphatic heterocycles. The summed E-state index contributed by atoms with van der Waals surface area (Å²) in [7, 11) is 3.83. The number of carbonyl (C=O) groups excluding carboxylic acids is 1. The first kappa shape index (κ1) is 20.0. The minimum atomic E-state index is 0.00891. The molecule has 1 aromatic heterocycles. The van der Waals surface area contributed by atoms with E-state index in [1.165, 1.54) is 16.8 Å². The first-order chi connectivity index (χ1) is 15.1. The van der Waals surface area contributed by atoms with E-state index in [0.717, 1.165) is 43.2 Å². The fourth-order valence-corrected chi connectivity index (χ4v) is 5.22. The lowest BCUT2D eigenvalue weighted by molar-refractivity contribution is 0.0777. The molecule has 1 unspecified atom stereocenters. The molecule has 3 aromatic rings. The van der Waals surface area contributed by atoms with Crippen molar-refractivity contribution in [2.24, 2.45) is 7.05 Å². The third-order valence-corrected chi connectivity index (χ3v) is 6.79. The molecule has 160 valence electrons. The molecule has 1 atom stereocenters. The summed E-state index contributed by atoms with van der Waals surface area (Å²) in [5.74, 6) is 0.00891. The predicted molar refractivity (Wildman–Crippen MR) is 122 cm³/mol. The van der Waals surface area contributed by atoms with E-state index in [2.05, 4.69) is 46.8 Å². The number of fused-ring (bicyclic) bond motifs is 2. The van der Waals surface area contributed by atoms with Gasteiger partial charge in [-0.3, -0.25) is 9.48 Å². The van der Waals surface area contributed by atoms with E-state index in [1.54, 1.807) is 4.90 Å². The van der Waals surface area contributed by atoms with E-state index in [4.69, 9.17) is 0 Å². The van der Waals surface area contributed by atoms with Gasteiger partial charge in [0.1, 0.15) is 0 Å². The number of aromatic nitrogens is 2. The lowest BCUT2D eigenvalue weighted by Gasteiger charge is -2.27. The van der Waals surface area contributed by atoms with Crippen LogP contribution in [0.15, 0.2) is 54.6 Å². The van der Waals surface area contributed by atoms with Gasteiger partial charge in [0.25, 0.3) is 5.91 Å². The second-order valence-corrected chi connectivity index (χ2v) is 9.02. The van der Waals surface area contributed by atoms with Crippen LogP contribution < -0.4 is 5.32 Å². The molecular formula is C26H30N4O. The van der Waals surface area contributed by atoms with Gasteiger partial charge >= 0.3 is 0 Å². The standard InChI is InChI=1S/C26H30N4O/c1-29(17-18-8-4-3-5-9-18)26(31)25-23-16-21(12-13-24(23)30(2)28-25)27-22-14-19-10-6-7-11-20(19)15-22/h3-11,21-22,27H,12-17H2,1-2H3. The van der Waals surface area contributed by atoms with Crippen LogP contribution in [0.5, 0.6) is 0 Å². The van der Waals surface area contributed by atoms with Crippen molar-refractivity contribution < 1.29 is 4.79 Å². The van der Waals surface area contributed by atoms with Crippen molar-refractivity contribution in [3.63, 3.8) is 0 Å². The summed E-state index contributed by atoms with van der Waals surface area (Å²) in [4.78, 5) is 15.0. The quantitative estimate of drug-likeness (QED) is 0.697. The average Bonchev–Trinajstić information content (AvgIpc) is 3.34. The molecule has 0 radical (unpaired) electrons. The van der Waals surface area contributed by atoms with E-state index in [9.17, 15) is 4.79 Å². The molecule has 0 saturated heterocycles. The van der Waals surface area contributed by atoms with Gasteiger partial charge in [-0.25, -0.2) is 0 Å². The van der Waals surface area contributed by atoms with Crippen molar-refractivity contribution in [3.8, 4) is 0 Å². The Hall–Kier alpha value is -2.92. The van der Waals surface area contributed by atoms with E-state index < -0.39 is 0 Å². The lowest BCUT2D eigenvalue weighted by atomic mass is 9.90. The molecule has 2 aliphatic rings. The zero-order valence-corrected chi connectivity index (χ0v) is 18.3. The van der Waals surface area contributed by atoms with Crippen LogP contribution in [0.4, 0.5) is 0 Å². The maximum absolute atomic E-state index is 13.3. The number of amides is 1. The highest BCUT2D eigenvalue weighted by Crippen LogP contribution is 2.28. The van der Waals surface area contributed by atoms with Crippen molar-refractivity contribution in [1.82, 2.24) is 20.0 Å². The fourth-order valence-electron chi connectivity index (χ4n) is 5.22. The number of aryl methyl sites for hydroxylation is 1. The zero-order valence-electron chi connectivity index (χ0n) is 18.3. The first-order valence-electron chi connectivity index (χ1n) is 11.3. The normalized spacial score (nSPS) is 17.9. The van der Waals surface area contributed by atoms with Gasteiger partial charge in [-0.1, -0.05) is 54.6 Å². The molecule has 0 spiro atoms. The smallest absolute Gasteiger partial charge is 0.274 e. The number of benzene rings is 2. The minimum absolute atomic E-state index is 0.00891. The summed E-state index contributed by atoms with van der Waals surface area (Å²) in [5.41, 5.74) is 7.03.